The van der Waals surface area contributed by atoms with Gasteiger partial charge in [-0.3, -0.25) is 24.2 Å². The van der Waals surface area contributed by atoms with Crippen LogP contribution >= 0.6 is 11.3 Å². The molecule has 2 aromatic rings. The van der Waals surface area contributed by atoms with Crippen LogP contribution in [-0.4, -0.2) is 61.3 Å². The predicted octanol–water partition coefficient (Wildman–Crippen LogP) is 0.621. The number of imide groups is 1. The van der Waals surface area contributed by atoms with E-state index in [0.29, 0.717) is 11.7 Å². The van der Waals surface area contributed by atoms with Gasteiger partial charge in [-0.05, 0) is 24.6 Å². The minimum atomic E-state index is -0.272. The fraction of sp³-hybridized carbons (Fsp3) is 0.474. The van der Waals surface area contributed by atoms with Crippen molar-refractivity contribution in [1.82, 2.24) is 9.88 Å². The Morgan fingerprint density at radius 3 is 2.63 bits per heavy atom. The summed E-state index contributed by atoms with van der Waals surface area (Å²) in [5.74, 6) is -0.806. The van der Waals surface area contributed by atoms with E-state index in [1.165, 1.54) is 16.2 Å². The number of carbonyl (C=O) groups is 3. The molecule has 7 nitrogen and oxygen atoms in total. The van der Waals surface area contributed by atoms with E-state index in [9.17, 15) is 14.4 Å². The second-order valence-electron chi connectivity index (χ2n) is 7.20. The SMILES string of the molecule is Cc1ccc2nc(N(CCC[NH+](C)C)C(=O)CN3C(=O)CCC3=O)sc2c1. The molecule has 0 saturated carbocycles. The molecule has 0 bridgehead atoms. The molecule has 0 spiro atoms. The monoisotopic (exact) mass is 389 g/mol. The van der Waals surface area contributed by atoms with Gasteiger partial charge in [0.1, 0.15) is 6.54 Å². The van der Waals surface area contributed by atoms with Crippen molar-refractivity contribution in [3.8, 4) is 0 Å². The van der Waals surface area contributed by atoms with Crippen molar-refractivity contribution >= 4 is 44.4 Å². The molecule has 1 aromatic carbocycles. The van der Waals surface area contributed by atoms with E-state index < -0.39 is 0 Å². The van der Waals surface area contributed by atoms with Crippen molar-refractivity contribution in [2.45, 2.75) is 26.2 Å². The molecule has 27 heavy (non-hydrogen) atoms. The number of quaternary nitrogens is 1. The van der Waals surface area contributed by atoms with Crippen LogP contribution in [0.5, 0.6) is 0 Å². The topological polar surface area (TPSA) is 75.0 Å². The Kier molecular flexibility index (Phi) is 5.86. The van der Waals surface area contributed by atoms with E-state index >= 15 is 0 Å². The van der Waals surface area contributed by atoms with Crippen LogP contribution in [0.3, 0.4) is 0 Å². The molecule has 3 amide bonds. The summed E-state index contributed by atoms with van der Waals surface area (Å²) in [4.78, 5) is 45.3. The minimum Gasteiger partial charge on any atom is -0.340 e. The van der Waals surface area contributed by atoms with Crippen molar-refractivity contribution in [3.63, 3.8) is 0 Å². The van der Waals surface area contributed by atoms with Crippen LogP contribution in [-0.2, 0) is 14.4 Å². The molecule has 1 N–H and O–H groups in total. The van der Waals surface area contributed by atoms with E-state index in [-0.39, 0.29) is 37.1 Å². The predicted molar refractivity (Wildman–Crippen MR) is 105 cm³/mol. The smallest absolute Gasteiger partial charge is 0.248 e. The zero-order valence-corrected chi connectivity index (χ0v) is 16.8. The van der Waals surface area contributed by atoms with E-state index in [4.69, 9.17) is 0 Å². The summed E-state index contributed by atoms with van der Waals surface area (Å²) in [6.45, 7) is 3.24. The Morgan fingerprint density at radius 1 is 1.26 bits per heavy atom. The van der Waals surface area contributed by atoms with Gasteiger partial charge in [0.15, 0.2) is 5.13 Å². The maximum atomic E-state index is 12.9. The molecule has 1 aliphatic heterocycles. The van der Waals surface area contributed by atoms with Gasteiger partial charge in [0, 0.05) is 25.8 Å². The van der Waals surface area contributed by atoms with Gasteiger partial charge in [-0.1, -0.05) is 17.4 Å². The average Bonchev–Trinajstić information content (AvgIpc) is 3.15. The van der Waals surface area contributed by atoms with Crippen molar-refractivity contribution in [3.05, 3.63) is 23.8 Å². The first-order valence-corrected chi connectivity index (χ1v) is 9.96. The largest absolute Gasteiger partial charge is 0.340 e. The Morgan fingerprint density at radius 2 is 1.96 bits per heavy atom. The third-order valence-corrected chi connectivity index (χ3v) is 5.61. The van der Waals surface area contributed by atoms with Gasteiger partial charge in [0.05, 0.1) is 30.9 Å². The van der Waals surface area contributed by atoms with E-state index in [1.54, 1.807) is 4.90 Å². The lowest BCUT2D eigenvalue weighted by atomic mass is 10.2. The van der Waals surface area contributed by atoms with Crippen molar-refractivity contribution in [1.29, 1.82) is 0 Å². The van der Waals surface area contributed by atoms with Crippen LogP contribution in [0.25, 0.3) is 10.2 Å². The van der Waals surface area contributed by atoms with Crippen molar-refractivity contribution in [2.24, 2.45) is 0 Å². The zero-order chi connectivity index (χ0) is 19.6. The van der Waals surface area contributed by atoms with Crippen LogP contribution in [0.15, 0.2) is 18.2 Å². The van der Waals surface area contributed by atoms with Crippen LogP contribution in [0.2, 0.25) is 0 Å². The lowest BCUT2D eigenvalue weighted by Gasteiger charge is -2.22. The lowest BCUT2D eigenvalue weighted by Crippen LogP contribution is -3.05. The summed E-state index contributed by atoms with van der Waals surface area (Å²) >= 11 is 1.47. The Hall–Kier alpha value is -2.32. The minimum absolute atomic E-state index is 0.191. The number of aryl methyl sites for hydroxylation is 1. The molecule has 1 aliphatic rings. The second kappa shape index (κ2) is 8.14. The quantitative estimate of drug-likeness (QED) is 0.705. The van der Waals surface area contributed by atoms with Gasteiger partial charge in [-0.15, -0.1) is 0 Å². The number of benzene rings is 1. The molecular formula is C19H25N4O3S+. The highest BCUT2D eigenvalue weighted by Crippen LogP contribution is 2.30. The summed E-state index contributed by atoms with van der Waals surface area (Å²) < 4.78 is 1.02. The summed E-state index contributed by atoms with van der Waals surface area (Å²) in [6, 6.07) is 6.00. The number of nitrogens with one attached hydrogen (secondary N) is 1. The highest BCUT2D eigenvalue weighted by atomic mass is 32.1. The number of aromatic nitrogens is 1. The van der Waals surface area contributed by atoms with Crippen molar-refractivity contribution < 1.29 is 19.3 Å². The van der Waals surface area contributed by atoms with Gasteiger partial charge in [0.2, 0.25) is 17.7 Å². The molecular weight excluding hydrogens is 364 g/mol. The fourth-order valence-electron chi connectivity index (χ4n) is 3.07. The lowest BCUT2D eigenvalue weighted by molar-refractivity contribution is -0.858. The first-order chi connectivity index (χ1) is 12.8. The molecule has 8 heteroatoms. The number of hydrogen-bond acceptors (Lipinski definition) is 5. The molecule has 1 aromatic heterocycles. The summed E-state index contributed by atoms with van der Waals surface area (Å²) in [5.41, 5.74) is 1.99. The molecule has 1 fully saturated rings. The van der Waals surface area contributed by atoms with Crippen LogP contribution in [0, 0.1) is 6.92 Å². The standard InChI is InChI=1S/C19H24N4O3S/c1-13-5-6-14-15(11-13)27-19(20-14)22(10-4-9-21(2)3)18(26)12-23-16(24)7-8-17(23)25/h5-6,11H,4,7-10,12H2,1-3H3/p+1. The maximum absolute atomic E-state index is 12.9. The number of fused-ring (bicyclic) bond motifs is 1. The molecule has 0 unspecified atom stereocenters. The van der Waals surface area contributed by atoms with Crippen LogP contribution < -0.4 is 9.80 Å². The third kappa shape index (κ3) is 4.51. The van der Waals surface area contributed by atoms with Crippen LogP contribution in [0.1, 0.15) is 24.8 Å². The molecule has 0 aliphatic carbocycles. The highest BCUT2D eigenvalue weighted by Gasteiger charge is 2.32. The van der Waals surface area contributed by atoms with Gasteiger partial charge >= 0.3 is 0 Å². The van der Waals surface area contributed by atoms with E-state index in [2.05, 4.69) is 25.1 Å². The van der Waals surface area contributed by atoms with Gasteiger partial charge in [-0.2, -0.15) is 0 Å². The second-order valence-corrected chi connectivity index (χ2v) is 8.21. The van der Waals surface area contributed by atoms with E-state index in [0.717, 1.165) is 33.6 Å². The Bertz CT molecular complexity index is 861. The normalized spacial score (nSPS) is 14.6. The number of rotatable bonds is 7. The Balaban J connectivity index is 1.83. The number of likely N-dealkylation sites (tertiary alicyclic amines) is 1. The fourth-order valence-corrected chi connectivity index (χ4v) is 4.18. The number of carbonyl (C=O) groups excluding carboxylic acids is 3. The summed E-state index contributed by atoms with van der Waals surface area (Å²) in [7, 11) is 4.13. The van der Waals surface area contributed by atoms with Crippen molar-refractivity contribution in [2.75, 3.05) is 38.6 Å². The first kappa shape index (κ1) is 19.4. The number of anilines is 1. The number of amides is 3. The number of nitrogens with zero attached hydrogens (tertiary/aromatic N) is 3. The summed E-state index contributed by atoms with van der Waals surface area (Å²) in [5, 5.41) is 0.619. The van der Waals surface area contributed by atoms with E-state index in [1.807, 2.05) is 19.1 Å². The van der Waals surface area contributed by atoms with Gasteiger partial charge in [0.25, 0.3) is 0 Å². The number of thiazole rings is 1. The Labute approximate surface area is 162 Å². The average molecular weight is 390 g/mol. The zero-order valence-electron chi connectivity index (χ0n) is 15.9. The molecule has 3 rings (SSSR count). The van der Waals surface area contributed by atoms with Gasteiger partial charge < -0.3 is 4.90 Å². The number of hydrogen-bond donors (Lipinski definition) is 1. The highest BCUT2D eigenvalue weighted by molar-refractivity contribution is 7.22. The first-order valence-electron chi connectivity index (χ1n) is 9.15. The molecule has 144 valence electrons. The third-order valence-electron chi connectivity index (χ3n) is 4.57. The van der Waals surface area contributed by atoms with Crippen LogP contribution in [0.4, 0.5) is 5.13 Å². The molecule has 1 saturated heterocycles. The molecule has 2 heterocycles. The molecule has 0 atom stereocenters. The maximum Gasteiger partial charge on any atom is 0.248 e. The summed E-state index contributed by atoms with van der Waals surface area (Å²) in [6.07, 6.45) is 1.19. The van der Waals surface area contributed by atoms with Gasteiger partial charge in [-0.25, -0.2) is 4.98 Å². The molecule has 0 radical (unpaired) electrons.